The lowest BCUT2D eigenvalue weighted by atomic mass is 10.1. The number of carbonyl (C=O) groups is 1. The molecule has 6 heteroatoms. The zero-order valence-electron chi connectivity index (χ0n) is 9.88. The standard InChI is InChI=1S/C12H16BrFN2O2/c13-10-4-3-9(11(14)8-10)2-1-5-15-12(18)16-6-7-17/h3-4,8,17H,1-2,5-7H2,(H2,15,16,18). The predicted octanol–water partition coefficient (Wildman–Crippen LogP) is 1.81. The van der Waals surface area contributed by atoms with E-state index in [1.165, 1.54) is 6.07 Å². The molecule has 0 saturated carbocycles. The number of aryl methyl sites for hydroxylation is 1. The van der Waals surface area contributed by atoms with Crippen molar-refractivity contribution in [2.75, 3.05) is 19.7 Å². The molecule has 0 saturated heterocycles. The van der Waals surface area contributed by atoms with Crippen LogP contribution in [0.25, 0.3) is 0 Å². The van der Waals surface area contributed by atoms with Crippen LogP contribution in [0.1, 0.15) is 12.0 Å². The summed E-state index contributed by atoms with van der Waals surface area (Å²) < 4.78 is 14.2. The maximum Gasteiger partial charge on any atom is 0.314 e. The minimum absolute atomic E-state index is 0.0858. The number of urea groups is 1. The van der Waals surface area contributed by atoms with Crippen LogP contribution in [0.2, 0.25) is 0 Å². The Kier molecular flexibility index (Phi) is 6.67. The maximum absolute atomic E-state index is 13.4. The normalized spacial score (nSPS) is 10.2. The van der Waals surface area contributed by atoms with Crippen molar-refractivity contribution in [3.8, 4) is 0 Å². The quantitative estimate of drug-likeness (QED) is 0.701. The number of rotatable bonds is 6. The van der Waals surface area contributed by atoms with Gasteiger partial charge in [0.15, 0.2) is 0 Å². The van der Waals surface area contributed by atoms with Gasteiger partial charge >= 0.3 is 6.03 Å². The predicted molar refractivity (Wildman–Crippen MR) is 70.9 cm³/mol. The van der Waals surface area contributed by atoms with Gasteiger partial charge in [-0.1, -0.05) is 22.0 Å². The van der Waals surface area contributed by atoms with Crippen LogP contribution in [0.3, 0.4) is 0 Å². The molecule has 1 aromatic rings. The lowest BCUT2D eigenvalue weighted by molar-refractivity contribution is 0.234. The Morgan fingerprint density at radius 1 is 1.33 bits per heavy atom. The van der Waals surface area contributed by atoms with Gasteiger partial charge in [-0.05, 0) is 30.5 Å². The highest BCUT2D eigenvalue weighted by atomic mass is 79.9. The highest BCUT2D eigenvalue weighted by Gasteiger charge is 2.03. The summed E-state index contributed by atoms with van der Waals surface area (Å²) in [6.07, 6.45) is 1.23. The average Bonchev–Trinajstić information content (AvgIpc) is 2.34. The molecule has 0 aromatic heterocycles. The Hall–Kier alpha value is -1.14. The van der Waals surface area contributed by atoms with Crippen molar-refractivity contribution < 1.29 is 14.3 Å². The van der Waals surface area contributed by atoms with Crippen molar-refractivity contribution in [1.82, 2.24) is 10.6 Å². The van der Waals surface area contributed by atoms with Crippen molar-refractivity contribution in [2.45, 2.75) is 12.8 Å². The molecule has 0 aliphatic carbocycles. The van der Waals surface area contributed by atoms with Gasteiger partial charge in [-0.15, -0.1) is 0 Å². The van der Waals surface area contributed by atoms with Crippen molar-refractivity contribution in [2.24, 2.45) is 0 Å². The minimum Gasteiger partial charge on any atom is -0.395 e. The fourth-order valence-electron chi connectivity index (χ4n) is 1.44. The van der Waals surface area contributed by atoms with Crippen molar-refractivity contribution in [3.63, 3.8) is 0 Å². The van der Waals surface area contributed by atoms with E-state index < -0.39 is 0 Å². The third kappa shape index (κ3) is 5.46. The van der Waals surface area contributed by atoms with Crippen LogP contribution in [-0.4, -0.2) is 30.8 Å². The summed E-state index contributed by atoms with van der Waals surface area (Å²) in [6, 6.07) is 4.63. The van der Waals surface area contributed by atoms with Crippen LogP contribution in [0.15, 0.2) is 22.7 Å². The Morgan fingerprint density at radius 3 is 2.72 bits per heavy atom. The molecule has 1 aromatic carbocycles. The van der Waals surface area contributed by atoms with Crippen LogP contribution >= 0.6 is 15.9 Å². The molecule has 0 fully saturated rings. The highest BCUT2D eigenvalue weighted by Crippen LogP contribution is 2.16. The largest absolute Gasteiger partial charge is 0.395 e. The molecule has 3 N–H and O–H groups in total. The molecule has 2 amide bonds. The van der Waals surface area contributed by atoms with Crippen molar-refractivity contribution in [3.05, 3.63) is 34.1 Å². The van der Waals surface area contributed by atoms with Gasteiger partial charge in [-0.25, -0.2) is 9.18 Å². The molecule has 4 nitrogen and oxygen atoms in total. The third-order valence-corrected chi connectivity index (χ3v) is 2.81. The monoisotopic (exact) mass is 318 g/mol. The van der Waals surface area contributed by atoms with E-state index in [0.717, 1.165) is 0 Å². The molecule has 0 heterocycles. The molecular formula is C12H16BrFN2O2. The van der Waals surface area contributed by atoms with Crippen LogP contribution in [-0.2, 0) is 6.42 Å². The van der Waals surface area contributed by atoms with E-state index in [2.05, 4.69) is 26.6 Å². The van der Waals surface area contributed by atoms with Gasteiger partial charge in [-0.3, -0.25) is 0 Å². The molecule has 0 radical (unpaired) electrons. The molecule has 0 atom stereocenters. The number of carbonyl (C=O) groups excluding carboxylic acids is 1. The van der Waals surface area contributed by atoms with Crippen molar-refractivity contribution >= 4 is 22.0 Å². The first kappa shape index (κ1) is 14.9. The first-order valence-corrected chi connectivity index (χ1v) is 6.49. The molecule has 1 rings (SSSR count). The Morgan fingerprint density at radius 2 is 2.06 bits per heavy atom. The van der Waals surface area contributed by atoms with E-state index in [0.29, 0.717) is 29.4 Å². The van der Waals surface area contributed by atoms with E-state index in [1.807, 2.05) is 0 Å². The summed E-state index contributed by atoms with van der Waals surface area (Å²) in [5.41, 5.74) is 0.635. The van der Waals surface area contributed by atoms with E-state index in [9.17, 15) is 9.18 Å². The van der Waals surface area contributed by atoms with Gasteiger partial charge in [0.25, 0.3) is 0 Å². The Balaban J connectivity index is 2.23. The van der Waals surface area contributed by atoms with Gasteiger partial charge in [-0.2, -0.15) is 0 Å². The SMILES string of the molecule is O=C(NCCO)NCCCc1ccc(Br)cc1F. The summed E-state index contributed by atoms with van der Waals surface area (Å²) in [7, 11) is 0. The second-order valence-corrected chi connectivity index (χ2v) is 4.66. The van der Waals surface area contributed by atoms with E-state index >= 15 is 0 Å². The zero-order valence-corrected chi connectivity index (χ0v) is 11.5. The molecule has 18 heavy (non-hydrogen) atoms. The molecule has 0 bridgehead atoms. The molecule has 0 aliphatic rings. The number of aliphatic hydroxyl groups is 1. The van der Waals surface area contributed by atoms with E-state index in [-0.39, 0.29) is 25.0 Å². The van der Waals surface area contributed by atoms with Gasteiger partial charge in [0.05, 0.1) is 6.61 Å². The molecule has 0 aliphatic heterocycles. The van der Waals surface area contributed by atoms with E-state index in [1.54, 1.807) is 12.1 Å². The Bertz CT molecular complexity index is 402. The topological polar surface area (TPSA) is 61.4 Å². The summed E-state index contributed by atoms with van der Waals surface area (Å²) in [6.45, 7) is 0.609. The highest BCUT2D eigenvalue weighted by molar-refractivity contribution is 9.10. The zero-order chi connectivity index (χ0) is 13.4. The minimum atomic E-state index is -0.319. The summed E-state index contributed by atoms with van der Waals surface area (Å²) in [4.78, 5) is 11.1. The summed E-state index contributed by atoms with van der Waals surface area (Å²) >= 11 is 3.20. The number of hydrogen-bond acceptors (Lipinski definition) is 2. The molecule has 0 spiro atoms. The van der Waals surface area contributed by atoms with Gasteiger partial charge in [0, 0.05) is 17.6 Å². The second-order valence-electron chi connectivity index (χ2n) is 3.75. The summed E-state index contributed by atoms with van der Waals surface area (Å²) in [5.74, 6) is -0.242. The van der Waals surface area contributed by atoms with Gasteiger partial charge < -0.3 is 15.7 Å². The van der Waals surface area contributed by atoms with Crippen LogP contribution < -0.4 is 10.6 Å². The maximum atomic E-state index is 13.4. The average molecular weight is 319 g/mol. The molecule has 100 valence electrons. The smallest absolute Gasteiger partial charge is 0.314 e. The first-order valence-electron chi connectivity index (χ1n) is 5.70. The lowest BCUT2D eigenvalue weighted by Crippen LogP contribution is -2.37. The molecular weight excluding hydrogens is 303 g/mol. The lowest BCUT2D eigenvalue weighted by Gasteiger charge is -2.07. The number of hydrogen-bond donors (Lipinski definition) is 3. The third-order valence-electron chi connectivity index (χ3n) is 2.32. The van der Waals surface area contributed by atoms with Crippen LogP contribution in [0.5, 0.6) is 0 Å². The number of halogens is 2. The molecule has 0 unspecified atom stereocenters. The van der Waals surface area contributed by atoms with Gasteiger partial charge in [0.1, 0.15) is 5.82 Å². The fraction of sp³-hybridized carbons (Fsp3) is 0.417. The van der Waals surface area contributed by atoms with E-state index in [4.69, 9.17) is 5.11 Å². The van der Waals surface area contributed by atoms with Gasteiger partial charge in [0.2, 0.25) is 0 Å². The fourth-order valence-corrected chi connectivity index (χ4v) is 1.77. The number of amides is 2. The van der Waals surface area contributed by atoms with Crippen LogP contribution in [0, 0.1) is 5.82 Å². The number of nitrogens with one attached hydrogen (secondary N) is 2. The first-order chi connectivity index (χ1) is 8.63. The number of aliphatic hydroxyl groups excluding tert-OH is 1. The van der Waals surface area contributed by atoms with Crippen molar-refractivity contribution in [1.29, 1.82) is 0 Å². The number of benzene rings is 1. The Labute approximate surface area is 114 Å². The van der Waals surface area contributed by atoms with Crippen LogP contribution in [0.4, 0.5) is 9.18 Å². The second kappa shape index (κ2) is 8.05. The summed E-state index contributed by atoms with van der Waals surface area (Å²) in [5, 5.41) is 13.6.